The summed E-state index contributed by atoms with van der Waals surface area (Å²) in [4.78, 5) is 0. The van der Waals surface area contributed by atoms with Crippen LogP contribution in [0, 0.1) is 0 Å². The molecule has 0 aromatic rings. The molecule has 0 saturated heterocycles. The smallest absolute Gasteiger partial charge is 0.153 e. The minimum Gasteiger partial charge on any atom is -0.313 e. The molecule has 0 rings (SSSR count). The number of rotatable bonds is 7. The Labute approximate surface area is 88.2 Å². The first-order valence-corrected chi connectivity index (χ1v) is 7.14. The number of sulfone groups is 1. The highest BCUT2D eigenvalue weighted by atomic mass is 32.2. The van der Waals surface area contributed by atoms with E-state index in [1.807, 2.05) is 0 Å². The Morgan fingerprint density at radius 1 is 1.14 bits per heavy atom. The monoisotopic (exact) mass is 221 g/mol. The van der Waals surface area contributed by atoms with Crippen molar-refractivity contribution in [3.8, 4) is 0 Å². The Hall–Kier alpha value is -0.0900. The van der Waals surface area contributed by atoms with Gasteiger partial charge in [-0.15, -0.1) is 0 Å². The second-order valence-corrected chi connectivity index (χ2v) is 6.39. The molecule has 1 N–H and O–H groups in total. The Bertz CT molecular complexity index is 233. The molecule has 1 unspecified atom stereocenters. The van der Waals surface area contributed by atoms with Gasteiger partial charge in [0.05, 0.1) is 5.25 Å². The summed E-state index contributed by atoms with van der Waals surface area (Å²) in [6, 6.07) is 0.449. The summed E-state index contributed by atoms with van der Waals surface area (Å²) < 4.78 is 22.9. The van der Waals surface area contributed by atoms with Crippen LogP contribution in [0.25, 0.3) is 0 Å². The lowest BCUT2D eigenvalue weighted by Crippen LogP contribution is -2.37. The van der Waals surface area contributed by atoms with Crippen molar-refractivity contribution in [2.75, 3.05) is 12.3 Å². The molecule has 0 saturated carbocycles. The van der Waals surface area contributed by atoms with Gasteiger partial charge in [-0.25, -0.2) is 8.42 Å². The van der Waals surface area contributed by atoms with Crippen molar-refractivity contribution in [1.29, 1.82) is 0 Å². The van der Waals surface area contributed by atoms with E-state index in [-0.39, 0.29) is 11.0 Å². The lowest BCUT2D eigenvalue weighted by Gasteiger charge is -2.18. The van der Waals surface area contributed by atoms with Gasteiger partial charge in [0.1, 0.15) is 0 Å². The Morgan fingerprint density at radius 3 is 2.00 bits per heavy atom. The molecule has 4 heteroatoms. The Balaban J connectivity index is 4.02. The van der Waals surface area contributed by atoms with Crippen LogP contribution in [0.1, 0.15) is 40.5 Å². The Kier molecular flexibility index (Phi) is 6.36. The van der Waals surface area contributed by atoms with Gasteiger partial charge < -0.3 is 5.32 Å². The van der Waals surface area contributed by atoms with E-state index < -0.39 is 9.84 Å². The van der Waals surface area contributed by atoms with Crippen LogP contribution in [0.4, 0.5) is 0 Å². The average molecular weight is 221 g/mol. The summed E-state index contributed by atoms with van der Waals surface area (Å²) in [6.45, 7) is 8.26. The highest BCUT2D eigenvalue weighted by molar-refractivity contribution is 7.92. The normalized spacial score (nSPS) is 14.6. The highest BCUT2D eigenvalue weighted by Crippen LogP contribution is 2.02. The van der Waals surface area contributed by atoms with E-state index in [4.69, 9.17) is 0 Å². The molecule has 0 aromatic carbocycles. The molecule has 0 aliphatic heterocycles. The molecule has 0 amide bonds. The molecular formula is C10H23NO2S. The average Bonchev–Trinajstić information content (AvgIpc) is 2.19. The first-order valence-electron chi connectivity index (χ1n) is 5.42. The van der Waals surface area contributed by atoms with E-state index in [9.17, 15) is 8.42 Å². The number of hydrogen-bond acceptors (Lipinski definition) is 3. The molecule has 0 aromatic heterocycles. The topological polar surface area (TPSA) is 46.2 Å². The first kappa shape index (κ1) is 13.9. The van der Waals surface area contributed by atoms with Gasteiger partial charge in [0.15, 0.2) is 9.84 Å². The number of nitrogens with one attached hydrogen (secondary N) is 1. The van der Waals surface area contributed by atoms with E-state index in [0.717, 1.165) is 12.8 Å². The predicted octanol–water partition coefficient (Wildman–Crippen LogP) is 1.59. The quantitative estimate of drug-likeness (QED) is 0.710. The second kappa shape index (κ2) is 6.40. The Morgan fingerprint density at radius 2 is 1.64 bits per heavy atom. The van der Waals surface area contributed by atoms with Crippen LogP contribution in [0.5, 0.6) is 0 Å². The third-order valence-electron chi connectivity index (χ3n) is 2.70. The van der Waals surface area contributed by atoms with Crippen molar-refractivity contribution < 1.29 is 8.42 Å². The summed E-state index contributed by atoms with van der Waals surface area (Å²) in [5.74, 6) is 0.235. The second-order valence-electron chi connectivity index (χ2n) is 3.68. The zero-order valence-electron chi connectivity index (χ0n) is 9.71. The predicted molar refractivity (Wildman–Crippen MR) is 61.3 cm³/mol. The van der Waals surface area contributed by atoms with Crippen LogP contribution in [0.15, 0.2) is 0 Å². The molecule has 0 spiro atoms. The lowest BCUT2D eigenvalue weighted by molar-refractivity contribution is 0.480. The fourth-order valence-electron chi connectivity index (χ4n) is 1.32. The van der Waals surface area contributed by atoms with Crippen molar-refractivity contribution >= 4 is 9.84 Å². The molecule has 0 aliphatic rings. The minimum absolute atomic E-state index is 0.235. The van der Waals surface area contributed by atoms with Crippen LogP contribution in [0.3, 0.4) is 0 Å². The van der Waals surface area contributed by atoms with Crippen molar-refractivity contribution in [2.24, 2.45) is 0 Å². The molecule has 0 bridgehead atoms. The van der Waals surface area contributed by atoms with Crippen LogP contribution in [-0.2, 0) is 9.84 Å². The summed E-state index contributed by atoms with van der Waals surface area (Å²) in [5.41, 5.74) is 0. The van der Waals surface area contributed by atoms with Crippen LogP contribution < -0.4 is 5.32 Å². The van der Waals surface area contributed by atoms with Crippen LogP contribution in [-0.4, -0.2) is 32.0 Å². The summed E-state index contributed by atoms with van der Waals surface area (Å²) in [5, 5.41) is 3.01. The van der Waals surface area contributed by atoms with E-state index in [1.165, 1.54) is 0 Å². The van der Waals surface area contributed by atoms with Gasteiger partial charge in [0.2, 0.25) is 0 Å². The van der Waals surface area contributed by atoms with Crippen LogP contribution in [0.2, 0.25) is 0 Å². The van der Waals surface area contributed by atoms with Gasteiger partial charge in [-0.05, 0) is 19.8 Å². The molecule has 3 nitrogen and oxygen atoms in total. The number of hydrogen-bond donors (Lipinski definition) is 1. The fraction of sp³-hybridized carbons (Fsp3) is 1.00. The van der Waals surface area contributed by atoms with Crippen LogP contribution >= 0.6 is 0 Å². The minimum atomic E-state index is -2.87. The summed E-state index contributed by atoms with van der Waals surface area (Å²) in [6.07, 6.45) is 2.10. The molecule has 86 valence electrons. The van der Waals surface area contributed by atoms with Gasteiger partial charge >= 0.3 is 0 Å². The third kappa shape index (κ3) is 4.42. The SMILES string of the molecule is CCC(CC)NCC(C)S(=O)(=O)CC. The summed E-state index contributed by atoms with van der Waals surface area (Å²) >= 11 is 0. The lowest BCUT2D eigenvalue weighted by atomic mass is 10.2. The third-order valence-corrected chi connectivity index (χ3v) is 4.89. The molecule has 0 radical (unpaired) electrons. The van der Waals surface area contributed by atoms with Gasteiger partial charge in [-0.2, -0.15) is 0 Å². The largest absolute Gasteiger partial charge is 0.313 e. The van der Waals surface area contributed by atoms with Crippen molar-refractivity contribution in [3.05, 3.63) is 0 Å². The maximum Gasteiger partial charge on any atom is 0.153 e. The molecule has 14 heavy (non-hydrogen) atoms. The van der Waals surface area contributed by atoms with E-state index >= 15 is 0 Å². The highest BCUT2D eigenvalue weighted by Gasteiger charge is 2.18. The standard InChI is InChI=1S/C10H23NO2S/c1-5-10(6-2)11-8-9(4)14(12,13)7-3/h9-11H,5-8H2,1-4H3. The van der Waals surface area contributed by atoms with Gasteiger partial charge in [0.25, 0.3) is 0 Å². The molecular weight excluding hydrogens is 198 g/mol. The van der Waals surface area contributed by atoms with Gasteiger partial charge in [-0.3, -0.25) is 0 Å². The molecule has 0 fully saturated rings. The van der Waals surface area contributed by atoms with Gasteiger partial charge in [0, 0.05) is 18.3 Å². The van der Waals surface area contributed by atoms with Gasteiger partial charge in [-0.1, -0.05) is 20.8 Å². The fourth-order valence-corrected chi connectivity index (χ4v) is 2.24. The summed E-state index contributed by atoms with van der Waals surface area (Å²) in [7, 11) is -2.87. The molecule has 0 heterocycles. The first-order chi connectivity index (χ1) is 6.47. The zero-order valence-corrected chi connectivity index (χ0v) is 10.5. The zero-order chi connectivity index (χ0) is 11.2. The maximum atomic E-state index is 11.4. The maximum absolute atomic E-state index is 11.4. The van der Waals surface area contributed by atoms with Crippen molar-refractivity contribution in [3.63, 3.8) is 0 Å². The molecule has 1 atom stereocenters. The van der Waals surface area contributed by atoms with Crippen molar-refractivity contribution in [1.82, 2.24) is 5.32 Å². The van der Waals surface area contributed by atoms with E-state index in [2.05, 4.69) is 19.2 Å². The molecule has 0 aliphatic carbocycles. The van der Waals surface area contributed by atoms with E-state index in [0.29, 0.717) is 12.6 Å². The van der Waals surface area contributed by atoms with E-state index in [1.54, 1.807) is 13.8 Å². The van der Waals surface area contributed by atoms with Crippen molar-refractivity contribution in [2.45, 2.75) is 51.8 Å².